The van der Waals surface area contributed by atoms with Gasteiger partial charge in [-0.1, -0.05) is 54.6 Å². The molecule has 4 heteroatoms. The van der Waals surface area contributed by atoms with Gasteiger partial charge in [-0.2, -0.15) is 0 Å². The molecule has 4 unspecified atom stereocenters. The van der Waals surface area contributed by atoms with Gasteiger partial charge in [0, 0.05) is 29.5 Å². The minimum absolute atomic E-state index is 0.0213. The van der Waals surface area contributed by atoms with Crippen LogP contribution in [-0.4, -0.2) is 40.8 Å². The third-order valence-electron chi connectivity index (χ3n) is 10.5. The van der Waals surface area contributed by atoms with Crippen molar-refractivity contribution in [3.05, 3.63) is 109 Å². The quantitative estimate of drug-likeness (QED) is 0.154. The SMILES string of the molecule is C=CC12C3CC[N+](Cc4c5ccccc5cc5ccccc45)(CC31)[C@@H]2[C@H](O)c1ccnc2ccc(OC)cc12. The van der Waals surface area contributed by atoms with Crippen LogP contribution in [0.5, 0.6) is 5.75 Å². The number of benzene rings is 4. The van der Waals surface area contributed by atoms with E-state index in [4.69, 9.17) is 4.74 Å². The third-order valence-corrected chi connectivity index (χ3v) is 10.5. The van der Waals surface area contributed by atoms with Gasteiger partial charge in [0.15, 0.2) is 0 Å². The van der Waals surface area contributed by atoms with E-state index in [1.165, 1.54) is 33.5 Å². The lowest BCUT2D eigenvalue weighted by Crippen LogP contribution is -2.61. The second-order valence-corrected chi connectivity index (χ2v) is 12.0. The Morgan fingerprint density at radius 1 is 1.00 bits per heavy atom. The van der Waals surface area contributed by atoms with E-state index in [-0.39, 0.29) is 11.5 Å². The molecule has 39 heavy (non-hydrogen) atoms. The van der Waals surface area contributed by atoms with Gasteiger partial charge in [0.25, 0.3) is 0 Å². The van der Waals surface area contributed by atoms with Crippen LogP contribution in [0.25, 0.3) is 32.4 Å². The number of rotatable bonds is 6. The van der Waals surface area contributed by atoms with Gasteiger partial charge in [-0.25, -0.2) is 0 Å². The fourth-order valence-electron chi connectivity index (χ4n) is 8.90. The van der Waals surface area contributed by atoms with Crippen LogP contribution in [0.3, 0.4) is 0 Å². The number of hydrogen-bond donors (Lipinski definition) is 1. The number of fused-ring (bicyclic) bond motifs is 4. The van der Waals surface area contributed by atoms with E-state index < -0.39 is 6.10 Å². The lowest BCUT2D eigenvalue weighted by molar-refractivity contribution is -0.969. The van der Waals surface area contributed by atoms with Gasteiger partial charge >= 0.3 is 0 Å². The van der Waals surface area contributed by atoms with Crippen molar-refractivity contribution in [3.8, 4) is 5.75 Å². The number of hydrogen-bond acceptors (Lipinski definition) is 3. The summed E-state index contributed by atoms with van der Waals surface area (Å²) in [5.74, 6) is 2.00. The Morgan fingerprint density at radius 3 is 2.46 bits per heavy atom. The molecule has 6 atom stereocenters. The van der Waals surface area contributed by atoms with E-state index in [1.54, 1.807) is 7.11 Å². The number of aromatic nitrogens is 1. The van der Waals surface area contributed by atoms with E-state index in [1.807, 2.05) is 30.5 Å². The number of piperidine rings is 3. The van der Waals surface area contributed by atoms with Crippen molar-refractivity contribution >= 4 is 32.4 Å². The van der Waals surface area contributed by atoms with Crippen LogP contribution in [-0.2, 0) is 6.54 Å². The van der Waals surface area contributed by atoms with E-state index in [0.717, 1.165) is 46.3 Å². The summed E-state index contributed by atoms with van der Waals surface area (Å²) in [5.41, 5.74) is 3.22. The Labute approximate surface area is 228 Å². The molecule has 0 amide bonds. The summed E-state index contributed by atoms with van der Waals surface area (Å²) in [5, 5.41) is 18.6. The zero-order valence-electron chi connectivity index (χ0n) is 22.3. The number of aliphatic hydroxyl groups excluding tert-OH is 1. The van der Waals surface area contributed by atoms with Gasteiger partial charge < -0.3 is 14.3 Å². The minimum atomic E-state index is -0.628. The average Bonchev–Trinajstić information content (AvgIpc) is 3.55. The number of nitrogens with zero attached hydrogens (tertiary/aromatic N) is 2. The van der Waals surface area contributed by atoms with E-state index >= 15 is 0 Å². The van der Waals surface area contributed by atoms with Gasteiger partial charge in [0.2, 0.25) is 0 Å². The van der Waals surface area contributed by atoms with Crippen molar-refractivity contribution in [2.24, 2.45) is 17.3 Å². The van der Waals surface area contributed by atoms with Crippen LogP contribution in [0.15, 0.2) is 97.7 Å². The van der Waals surface area contributed by atoms with Gasteiger partial charge in [0.05, 0.1) is 31.1 Å². The molecule has 1 N–H and O–H groups in total. The van der Waals surface area contributed by atoms with Gasteiger partial charge in [-0.15, -0.1) is 6.58 Å². The maximum Gasteiger partial charge on any atom is 0.132 e. The maximum absolute atomic E-state index is 12.4. The highest BCUT2D eigenvalue weighted by Crippen LogP contribution is 2.76. The van der Waals surface area contributed by atoms with E-state index in [9.17, 15) is 5.11 Å². The minimum Gasteiger partial charge on any atom is -0.497 e. The molecule has 0 radical (unpaired) electrons. The number of aliphatic hydroxyl groups is 1. The van der Waals surface area contributed by atoms with Crippen LogP contribution < -0.4 is 4.74 Å². The molecule has 1 aromatic heterocycles. The van der Waals surface area contributed by atoms with Crippen molar-refractivity contribution in [2.75, 3.05) is 20.2 Å². The Hall–Kier alpha value is -3.73. The summed E-state index contributed by atoms with van der Waals surface area (Å²) < 4.78 is 6.46. The second kappa shape index (κ2) is 8.14. The zero-order chi connectivity index (χ0) is 26.4. The molecule has 1 saturated carbocycles. The fraction of sp³-hybridized carbons (Fsp3) is 0.286. The third kappa shape index (κ3) is 3.04. The van der Waals surface area contributed by atoms with Crippen molar-refractivity contribution in [1.82, 2.24) is 4.98 Å². The van der Waals surface area contributed by atoms with E-state index in [0.29, 0.717) is 11.8 Å². The van der Waals surface area contributed by atoms with Crippen molar-refractivity contribution in [3.63, 3.8) is 0 Å². The van der Waals surface area contributed by atoms with Crippen LogP contribution >= 0.6 is 0 Å². The summed E-state index contributed by atoms with van der Waals surface area (Å²) in [6.45, 7) is 7.47. The lowest BCUT2D eigenvalue weighted by atomic mass is 9.80. The van der Waals surface area contributed by atoms with Gasteiger partial charge in [-0.05, 0) is 63.4 Å². The molecule has 4 heterocycles. The smallest absolute Gasteiger partial charge is 0.132 e. The highest BCUT2D eigenvalue weighted by molar-refractivity contribution is 6.02. The number of quaternary nitrogens is 1. The lowest BCUT2D eigenvalue weighted by Gasteiger charge is -2.50. The molecule has 4 bridgehead atoms. The Balaban J connectivity index is 1.31. The molecule has 4 aromatic carbocycles. The molecule has 5 aromatic rings. The number of ether oxygens (including phenoxy) is 1. The van der Waals surface area contributed by atoms with Crippen LogP contribution in [0.2, 0.25) is 0 Å². The molecule has 3 aliphatic heterocycles. The first kappa shape index (κ1) is 23.2. The standard InChI is InChI=1S/C35H33N2O2/c1-3-35-30-15-17-37(21-31(30)35,20-29-25-10-6-4-8-22(25)18-23-9-5-7-11-26(23)29)34(35)33(38)27-14-16-36-32-13-12-24(39-2)19-28(27)32/h3-14,16,18-19,30-31,33-34,38H,1,15,17,20-21H2,2H3/q+1/t30?,31?,33-,34-,35?,37?/m1/s1. The monoisotopic (exact) mass is 513 g/mol. The molecule has 1 aliphatic carbocycles. The average molecular weight is 514 g/mol. The first-order valence-corrected chi connectivity index (χ1v) is 14.1. The molecular formula is C35H33N2O2+. The molecule has 4 fully saturated rings. The first-order chi connectivity index (χ1) is 19.1. The Morgan fingerprint density at radius 2 is 1.74 bits per heavy atom. The van der Waals surface area contributed by atoms with E-state index in [2.05, 4.69) is 72.2 Å². The Kier molecular flexibility index (Phi) is 4.84. The number of methoxy groups -OCH3 is 1. The molecule has 194 valence electrons. The van der Waals surface area contributed by atoms with Crippen molar-refractivity contribution in [2.45, 2.75) is 25.1 Å². The molecule has 4 aliphatic rings. The maximum atomic E-state index is 12.4. The van der Waals surface area contributed by atoms with Crippen molar-refractivity contribution < 1.29 is 14.3 Å². The summed E-state index contributed by atoms with van der Waals surface area (Å²) >= 11 is 0. The molecule has 0 spiro atoms. The molecule has 4 nitrogen and oxygen atoms in total. The highest BCUT2D eigenvalue weighted by Gasteiger charge is 2.82. The van der Waals surface area contributed by atoms with Crippen LogP contribution in [0, 0.1) is 17.3 Å². The van der Waals surface area contributed by atoms with Crippen molar-refractivity contribution in [1.29, 1.82) is 0 Å². The fourth-order valence-corrected chi connectivity index (χ4v) is 8.90. The number of pyridine rings is 1. The van der Waals surface area contributed by atoms with Gasteiger partial charge in [-0.3, -0.25) is 4.98 Å². The Bertz CT molecular complexity index is 1740. The van der Waals surface area contributed by atoms with Crippen LogP contribution in [0.1, 0.15) is 23.7 Å². The first-order valence-electron chi connectivity index (χ1n) is 14.1. The summed E-state index contributed by atoms with van der Waals surface area (Å²) in [7, 11) is 1.69. The largest absolute Gasteiger partial charge is 0.497 e. The second-order valence-electron chi connectivity index (χ2n) is 12.0. The molecule has 3 saturated heterocycles. The highest BCUT2D eigenvalue weighted by atomic mass is 16.5. The normalized spacial score (nSPS) is 29.5. The summed E-state index contributed by atoms with van der Waals surface area (Å²) in [6.07, 6.45) is 4.62. The summed E-state index contributed by atoms with van der Waals surface area (Å²) in [6, 6.07) is 27.9. The van der Waals surface area contributed by atoms with Gasteiger partial charge in [0.1, 0.15) is 24.4 Å². The molecular weight excluding hydrogens is 480 g/mol. The predicted molar refractivity (Wildman–Crippen MR) is 156 cm³/mol. The zero-order valence-corrected chi connectivity index (χ0v) is 22.3. The topological polar surface area (TPSA) is 42.4 Å². The predicted octanol–water partition coefficient (Wildman–Crippen LogP) is 6.80. The molecule has 9 rings (SSSR count). The van der Waals surface area contributed by atoms with Crippen LogP contribution in [0.4, 0.5) is 0 Å². The summed E-state index contributed by atoms with van der Waals surface area (Å²) in [4.78, 5) is 4.60.